The van der Waals surface area contributed by atoms with E-state index in [0.717, 1.165) is 4.90 Å². The number of hydrogen-bond donors (Lipinski definition) is 0. The van der Waals surface area contributed by atoms with Gasteiger partial charge in [-0.1, -0.05) is 12.1 Å². The van der Waals surface area contributed by atoms with Crippen LogP contribution in [0.5, 0.6) is 0 Å². The third-order valence-electron chi connectivity index (χ3n) is 2.17. The van der Waals surface area contributed by atoms with Gasteiger partial charge < -0.3 is 9.90 Å². The van der Waals surface area contributed by atoms with Gasteiger partial charge in [0.2, 0.25) is 0 Å². The van der Waals surface area contributed by atoms with Crippen LogP contribution in [0.4, 0.5) is 5.69 Å². The molecule has 6 heteroatoms. The van der Waals surface area contributed by atoms with Crippen LogP contribution in [-0.2, 0) is 9.59 Å². The number of Topliss-reactive ketones (excluding diaryl/α,β-unsaturated/α-hetero) is 1. The van der Waals surface area contributed by atoms with Crippen LogP contribution in [0, 0.1) is 0 Å². The molecular weight excluding hydrogens is 237 g/mol. The van der Waals surface area contributed by atoms with E-state index in [0.29, 0.717) is 5.69 Å². The fourth-order valence-corrected chi connectivity index (χ4v) is 1.53. The number of anilines is 1. The van der Waals surface area contributed by atoms with E-state index in [2.05, 4.69) is 0 Å². The Kier molecular flexibility index (Phi) is 4.40. The Labute approximate surface area is 134 Å². The van der Waals surface area contributed by atoms with Gasteiger partial charge in [0.05, 0.1) is 23.8 Å². The number of carbonyl (C=O) groups excluding carboxylic acids is 3. The van der Waals surface area contributed by atoms with Gasteiger partial charge in [0.25, 0.3) is 11.7 Å². The van der Waals surface area contributed by atoms with E-state index < -0.39 is 24.2 Å². The van der Waals surface area contributed by atoms with Crippen LogP contribution in [0.1, 0.15) is 10.4 Å². The normalized spacial score (nSPS) is 13.4. The van der Waals surface area contributed by atoms with Crippen molar-refractivity contribution in [3.8, 4) is 0 Å². The first kappa shape index (κ1) is 13.5. The zero-order valence-electron chi connectivity index (χ0n) is 8.60. The predicted molar refractivity (Wildman–Crippen MR) is 48.1 cm³/mol. The molecule has 0 unspecified atom stereocenters. The molecule has 76 valence electrons. The molecule has 0 N–H and O–H groups in total. The van der Waals surface area contributed by atoms with Crippen LogP contribution in [0.15, 0.2) is 24.3 Å². The molecule has 1 heterocycles. The number of para-hydroxylation sites is 1. The molecule has 0 spiro atoms. The van der Waals surface area contributed by atoms with Crippen LogP contribution in [0.2, 0.25) is 0 Å². The van der Waals surface area contributed by atoms with E-state index in [1.807, 2.05) is 0 Å². The molecule has 5 nitrogen and oxygen atoms in total. The number of nitrogens with zero attached hydrogens (tertiary/aromatic N) is 1. The second kappa shape index (κ2) is 5.20. The maximum Gasteiger partial charge on any atom is 1.00 e. The fraction of sp³-hybridized carbons (Fsp3) is 0.100. The number of carbonyl (C=O) groups is 3. The van der Waals surface area contributed by atoms with Crippen molar-refractivity contribution in [1.82, 2.24) is 0 Å². The number of ketones is 1. The number of aliphatic carboxylic acids is 1. The summed E-state index contributed by atoms with van der Waals surface area (Å²) >= 11 is 0. The first-order chi connectivity index (χ1) is 7.11. The van der Waals surface area contributed by atoms with Gasteiger partial charge in [0.15, 0.2) is 0 Å². The zero-order valence-corrected chi connectivity index (χ0v) is 11.7. The van der Waals surface area contributed by atoms with Crippen LogP contribution in [-0.4, -0.2) is 24.2 Å². The summed E-state index contributed by atoms with van der Waals surface area (Å²) in [6.07, 6.45) is 0. The third kappa shape index (κ3) is 2.25. The molecule has 0 saturated heterocycles. The van der Waals surface area contributed by atoms with Crippen molar-refractivity contribution < 1.29 is 70.9 Å². The van der Waals surface area contributed by atoms with E-state index in [1.54, 1.807) is 12.1 Å². The molecule has 1 amide bonds. The standard InChI is InChI=1S/C10H7NO4.K/c12-8(13)5-11-7-4-2-1-3-6(7)9(14)10(11)15;/h1-4H,5H2,(H,12,13);/q;+1/p-1. The van der Waals surface area contributed by atoms with Crippen molar-refractivity contribution in [2.75, 3.05) is 11.4 Å². The maximum atomic E-state index is 11.4. The van der Waals surface area contributed by atoms with E-state index >= 15 is 0 Å². The van der Waals surface area contributed by atoms with E-state index in [1.165, 1.54) is 12.1 Å². The smallest absolute Gasteiger partial charge is 0.548 e. The minimum Gasteiger partial charge on any atom is -0.548 e. The summed E-state index contributed by atoms with van der Waals surface area (Å²) < 4.78 is 0. The molecule has 0 fully saturated rings. The Morgan fingerprint density at radius 1 is 1.25 bits per heavy atom. The fourth-order valence-electron chi connectivity index (χ4n) is 1.53. The van der Waals surface area contributed by atoms with Crippen molar-refractivity contribution in [1.29, 1.82) is 0 Å². The van der Waals surface area contributed by atoms with Crippen molar-refractivity contribution in [2.45, 2.75) is 0 Å². The van der Waals surface area contributed by atoms with Crippen LogP contribution in [0.3, 0.4) is 0 Å². The van der Waals surface area contributed by atoms with E-state index in [-0.39, 0.29) is 56.9 Å². The van der Waals surface area contributed by atoms with Crippen LogP contribution in [0.25, 0.3) is 0 Å². The molecule has 0 bridgehead atoms. The molecule has 2 rings (SSSR count). The number of benzene rings is 1. The molecule has 0 aromatic heterocycles. The molecule has 0 radical (unpaired) electrons. The Morgan fingerprint density at radius 3 is 2.50 bits per heavy atom. The Morgan fingerprint density at radius 2 is 1.88 bits per heavy atom. The number of hydrogen-bond acceptors (Lipinski definition) is 4. The number of amides is 1. The summed E-state index contributed by atoms with van der Waals surface area (Å²) in [4.78, 5) is 34.1. The van der Waals surface area contributed by atoms with E-state index in [4.69, 9.17) is 0 Å². The average molecular weight is 243 g/mol. The van der Waals surface area contributed by atoms with Crippen molar-refractivity contribution in [3.05, 3.63) is 29.8 Å². The molecule has 0 saturated carbocycles. The van der Waals surface area contributed by atoms with Gasteiger partial charge in [-0.15, -0.1) is 0 Å². The minimum absolute atomic E-state index is 0. The van der Waals surface area contributed by atoms with Gasteiger partial charge in [-0.2, -0.15) is 0 Å². The number of carboxylic acid groups (broad SMARTS) is 1. The number of fused-ring (bicyclic) bond motifs is 1. The Bertz CT molecular complexity index is 472. The van der Waals surface area contributed by atoms with Crippen LogP contribution >= 0.6 is 0 Å². The first-order valence-corrected chi connectivity index (χ1v) is 4.26. The molecule has 0 aliphatic carbocycles. The summed E-state index contributed by atoms with van der Waals surface area (Å²) in [5.74, 6) is -2.89. The second-order valence-corrected chi connectivity index (χ2v) is 3.11. The first-order valence-electron chi connectivity index (χ1n) is 4.26. The summed E-state index contributed by atoms with van der Waals surface area (Å²) in [6.45, 7) is -0.596. The summed E-state index contributed by atoms with van der Waals surface area (Å²) in [5.41, 5.74) is 0.570. The summed E-state index contributed by atoms with van der Waals surface area (Å²) in [5, 5.41) is 10.4. The zero-order chi connectivity index (χ0) is 11.0. The quantitative estimate of drug-likeness (QED) is 0.391. The largest absolute Gasteiger partial charge is 1.00 e. The molecule has 1 aromatic rings. The topological polar surface area (TPSA) is 77.5 Å². The molecule has 0 atom stereocenters. The predicted octanol–water partition coefficient (Wildman–Crippen LogP) is -4.03. The third-order valence-corrected chi connectivity index (χ3v) is 2.17. The van der Waals surface area contributed by atoms with E-state index in [9.17, 15) is 19.5 Å². The van der Waals surface area contributed by atoms with Crippen molar-refractivity contribution >= 4 is 23.3 Å². The molecule has 16 heavy (non-hydrogen) atoms. The van der Waals surface area contributed by atoms with Gasteiger partial charge in [-0.25, -0.2) is 0 Å². The summed E-state index contributed by atoms with van der Waals surface area (Å²) in [7, 11) is 0. The maximum absolute atomic E-state index is 11.4. The van der Waals surface area contributed by atoms with Gasteiger partial charge in [-0.05, 0) is 12.1 Å². The second-order valence-electron chi connectivity index (χ2n) is 3.11. The van der Waals surface area contributed by atoms with Gasteiger partial charge >= 0.3 is 51.4 Å². The molecular formula is C10H6KNO4. The van der Waals surface area contributed by atoms with Gasteiger partial charge in [0.1, 0.15) is 0 Å². The SMILES string of the molecule is O=C([O-])CN1C(=O)C(=O)c2ccccc21.[K+]. The van der Waals surface area contributed by atoms with Crippen LogP contribution < -0.4 is 61.4 Å². The van der Waals surface area contributed by atoms with Gasteiger partial charge in [0, 0.05) is 0 Å². The average Bonchev–Trinajstić information content (AvgIpc) is 2.44. The molecule has 1 aliphatic rings. The Hall–Kier alpha value is -0.534. The van der Waals surface area contributed by atoms with Gasteiger partial charge in [-0.3, -0.25) is 14.5 Å². The Balaban J connectivity index is 0.00000128. The molecule has 1 aliphatic heterocycles. The number of rotatable bonds is 2. The number of carboxylic acids is 1. The molecule has 1 aromatic carbocycles. The van der Waals surface area contributed by atoms with Crippen molar-refractivity contribution in [3.63, 3.8) is 0 Å². The minimum atomic E-state index is -1.40. The summed E-state index contributed by atoms with van der Waals surface area (Å²) in [6, 6.07) is 6.27. The van der Waals surface area contributed by atoms with Crippen molar-refractivity contribution in [2.24, 2.45) is 0 Å². The monoisotopic (exact) mass is 243 g/mol.